The molecule has 0 bridgehead atoms. The molecule has 0 radical (unpaired) electrons. The molecule has 0 spiro atoms. The number of hydrogen-bond acceptors (Lipinski definition) is 3. The van der Waals surface area contributed by atoms with Crippen LogP contribution < -0.4 is 11.2 Å². The van der Waals surface area contributed by atoms with Crippen LogP contribution >= 0.6 is 0 Å². The van der Waals surface area contributed by atoms with Crippen molar-refractivity contribution in [3.8, 4) is 0 Å². The van der Waals surface area contributed by atoms with Crippen LogP contribution in [0.25, 0.3) is 10.8 Å². The second-order valence-electron chi connectivity index (χ2n) is 5.42. The van der Waals surface area contributed by atoms with Crippen molar-refractivity contribution >= 4 is 28.6 Å². The Kier molecular flexibility index (Phi) is 4.06. The first-order valence-corrected chi connectivity index (χ1v) is 7.31. The highest BCUT2D eigenvalue weighted by Crippen LogP contribution is 2.19. The highest BCUT2D eigenvalue weighted by atomic mass is 16.1. The number of benzene rings is 3. The van der Waals surface area contributed by atoms with Gasteiger partial charge in [-0.25, -0.2) is 0 Å². The summed E-state index contributed by atoms with van der Waals surface area (Å²) in [7, 11) is 0. The van der Waals surface area contributed by atoms with E-state index < -0.39 is 0 Å². The second-order valence-corrected chi connectivity index (χ2v) is 5.42. The Morgan fingerprint density at radius 2 is 1.83 bits per heavy atom. The lowest BCUT2D eigenvalue weighted by Crippen LogP contribution is -2.11. The van der Waals surface area contributed by atoms with E-state index in [1.165, 1.54) is 0 Å². The van der Waals surface area contributed by atoms with Crippen molar-refractivity contribution in [1.29, 1.82) is 0 Å². The Labute approximate surface area is 134 Å². The van der Waals surface area contributed by atoms with Crippen LogP contribution in [0.1, 0.15) is 21.5 Å². The fourth-order valence-electron chi connectivity index (χ4n) is 2.50. The van der Waals surface area contributed by atoms with Crippen molar-refractivity contribution in [3.05, 3.63) is 77.4 Å². The summed E-state index contributed by atoms with van der Waals surface area (Å²) in [6, 6.07) is 19.2. The fraction of sp³-hybridized carbons (Fsp3) is 0.0526. The molecule has 0 atom stereocenters. The number of nitrogens with two attached hydrogens (primary N) is 1. The van der Waals surface area contributed by atoms with Crippen LogP contribution in [0.15, 0.2) is 65.8 Å². The van der Waals surface area contributed by atoms with Gasteiger partial charge in [-0.3, -0.25) is 4.79 Å². The van der Waals surface area contributed by atoms with E-state index in [0.717, 1.165) is 27.6 Å². The van der Waals surface area contributed by atoms with E-state index in [1.807, 2.05) is 67.6 Å². The van der Waals surface area contributed by atoms with Crippen LogP contribution in [0.4, 0.5) is 5.69 Å². The molecule has 0 saturated carbocycles. The number of fused-ring (bicyclic) bond motifs is 1. The lowest BCUT2D eigenvalue weighted by atomic mass is 10.0. The molecular weight excluding hydrogens is 286 g/mol. The molecule has 3 aromatic carbocycles. The second kappa shape index (κ2) is 6.32. The Bertz CT molecular complexity index is 900. The smallest absolute Gasteiger partial charge is 0.255 e. The third-order valence-electron chi connectivity index (χ3n) is 3.63. The quantitative estimate of drug-likeness (QED) is 0.440. The Balaban J connectivity index is 1.87. The minimum Gasteiger partial charge on any atom is -0.323 e. The molecule has 4 heteroatoms. The Morgan fingerprint density at radius 3 is 2.61 bits per heavy atom. The van der Waals surface area contributed by atoms with Gasteiger partial charge in [-0.1, -0.05) is 30.3 Å². The zero-order valence-electron chi connectivity index (χ0n) is 12.8. The number of carbonyl (C=O) groups excluding carboxylic acids is 1. The van der Waals surface area contributed by atoms with E-state index in [4.69, 9.17) is 5.84 Å². The van der Waals surface area contributed by atoms with Gasteiger partial charge in [0.2, 0.25) is 0 Å². The summed E-state index contributed by atoms with van der Waals surface area (Å²) in [5, 5.41) is 8.48. The van der Waals surface area contributed by atoms with Gasteiger partial charge in [0.15, 0.2) is 0 Å². The number of anilines is 1. The van der Waals surface area contributed by atoms with E-state index in [1.54, 1.807) is 6.21 Å². The van der Waals surface area contributed by atoms with Crippen LogP contribution in [0, 0.1) is 6.92 Å². The summed E-state index contributed by atoms with van der Waals surface area (Å²) in [5.41, 5.74) is 3.45. The number of nitrogens with zero attached hydrogens (tertiary/aromatic N) is 1. The fourth-order valence-corrected chi connectivity index (χ4v) is 2.50. The van der Waals surface area contributed by atoms with E-state index in [0.29, 0.717) is 5.56 Å². The summed E-state index contributed by atoms with van der Waals surface area (Å²) < 4.78 is 0. The molecule has 0 fully saturated rings. The Morgan fingerprint density at radius 1 is 1.04 bits per heavy atom. The summed E-state index contributed by atoms with van der Waals surface area (Å²) >= 11 is 0. The van der Waals surface area contributed by atoms with Crippen LogP contribution in [-0.2, 0) is 0 Å². The minimum atomic E-state index is -0.120. The van der Waals surface area contributed by atoms with E-state index in [2.05, 4.69) is 10.4 Å². The SMILES string of the molecule is Cc1cccc(NC(=O)c2ccc3cc(C=NN)ccc3c2)c1. The number of hydrazone groups is 1. The van der Waals surface area contributed by atoms with Crippen LogP contribution in [0.2, 0.25) is 0 Å². The predicted octanol–water partition coefficient (Wildman–Crippen LogP) is 3.69. The van der Waals surface area contributed by atoms with Gasteiger partial charge in [0, 0.05) is 11.3 Å². The molecule has 0 aliphatic heterocycles. The maximum absolute atomic E-state index is 12.4. The maximum Gasteiger partial charge on any atom is 0.255 e. The van der Waals surface area contributed by atoms with Gasteiger partial charge >= 0.3 is 0 Å². The average molecular weight is 303 g/mol. The number of aryl methyl sites for hydroxylation is 1. The number of nitrogens with one attached hydrogen (secondary N) is 1. The average Bonchev–Trinajstić information content (AvgIpc) is 2.54. The molecule has 0 aliphatic rings. The first-order valence-electron chi connectivity index (χ1n) is 7.31. The molecule has 0 unspecified atom stereocenters. The first kappa shape index (κ1) is 14.8. The van der Waals surface area contributed by atoms with Gasteiger partial charge < -0.3 is 11.2 Å². The van der Waals surface area contributed by atoms with E-state index in [9.17, 15) is 4.79 Å². The molecule has 0 aliphatic carbocycles. The number of amides is 1. The number of carbonyl (C=O) groups is 1. The van der Waals surface area contributed by atoms with Crippen molar-refractivity contribution in [2.24, 2.45) is 10.9 Å². The molecule has 3 N–H and O–H groups in total. The molecule has 3 aromatic rings. The third kappa shape index (κ3) is 3.37. The third-order valence-corrected chi connectivity index (χ3v) is 3.63. The van der Waals surface area contributed by atoms with Gasteiger partial charge in [-0.15, -0.1) is 0 Å². The highest BCUT2D eigenvalue weighted by molar-refractivity contribution is 6.06. The standard InChI is InChI=1S/C19H17N3O/c1-13-3-2-4-18(9-13)22-19(23)17-8-7-15-10-14(12-21-20)5-6-16(15)11-17/h2-12H,20H2,1H3,(H,22,23). The van der Waals surface area contributed by atoms with Gasteiger partial charge in [0.25, 0.3) is 5.91 Å². The van der Waals surface area contributed by atoms with Crippen LogP contribution in [0.3, 0.4) is 0 Å². The Hall–Kier alpha value is -3.14. The molecular formula is C19H17N3O. The summed E-state index contributed by atoms with van der Waals surface area (Å²) in [5.74, 6) is 5.05. The zero-order valence-corrected chi connectivity index (χ0v) is 12.8. The monoisotopic (exact) mass is 303 g/mol. The van der Waals surface area contributed by atoms with Crippen molar-refractivity contribution in [2.45, 2.75) is 6.92 Å². The normalized spacial score (nSPS) is 11.0. The highest BCUT2D eigenvalue weighted by Gasteiger charge is 2.07. The molecule has 0 heterocycles. The summed E-state index contributed by atoms with van der Waals surface area (Å²) in [6.07, 6.45) is 1.60. The lowest BCUT2D eigenvalue weighted by molar-refractivity contribution is 0.102. The molecule has 1 amide bonds. The molecule has 4 nitrogen and oxygen atoms in total. The summed E-state index contributed by atoms with van der Waals surface area (Å²) in [6.45, 7) is 1.99. The molecule has 23 heavy (non-hydrogen) atoms. The predicted molar refractivity (Wildman–Crippen MR) is 94.9 cm³/mol. The molecule has 114 valence electrons. The van der Waals surface area contributed by atoms with Gasteiger partial charge in [-0.05, 0) is 59.2 Å². The van der Waals surface area contributed by atoms with Crippen molar-refractivity contribution in [2.75, 3.05) is 5.32 Å². The summed E-state index contributed by atoms with van der Waals surface area (Å²) in [4.78, 5) is 12.4. The van der Waals surface area contributed by atoms with Gasteiger partial charge in [-0.2, -0.15) is 5.10 Å². The lowest BCUT2D eigenvalue weighted by Gasteiger charge is -2.07. The zero-order chi connectivity index (χ0) is 16.2. The minimum absolute atomic E-state index is 0.120. The van der Waals surface area contributed by atoms with Gasteiger partial charge in [0.1, 0.15) is 0 Å². The molecule has 0 saturated heterocycles. The van der Waals surface area contributed by atoms with Crippen molar-refractivity contribution in [1.82, 2.24) is 0 Å². The number of rotatable bonds is 3. The van der Waals surface area contributed by atoms with Crippen molar-refractivity contribution in [3.63, 3.8) is 0 Å². The largest absolute Gasteiger partial charge is 0.323 e. The van der Waals surface area contributed by atoms with E-state index >= 15 is 0 Å². The van der Waals surface area contributed by atoms with Crippen LogP contribution in [-0.4, -0.2) is 12.1 Å². The topological polar surface area (TPSA) is 67.5 Å². The van der Waals surface area contributed by atoms with E-state index in [-0.39, 0.29) is 5.91 Å². The van der Waals surface area contributed by atoms with Gasteiger partial charge in [0.05, 0.1) is 6.21 Å². The first-order chi connectivity index (χ1) is 11.2. The van der Waals surface area contributed by atoms with Crippen LogP contribution in [0.5, 0.6) is 0 Å². The van der Waals surface area contributed by atoms with Crippen molar-refractivity contribution < 1.29 is 4.79 Å². The molecule has 0 aromatic heterocycles. The molecule has 3 rings (SSSR count). The maximum atomic E-state index is 12.4. The number of hydrogen-bond donors (Lipinski definition) is 2.